The third kappa shape index (κ3) is 1.48. The molecule has 0 amide bonds. The Morgan fingerprint density at radius 1 is 1.19 bits per heavy atom. The van der Waals surface area contributed by atoms with E-state index < -0.39 is 0 Å². The first-order valence-electron chi connectivity index (χ1n) is 6.04. The molecule has 3 atom stereocenters. The van der Waals surface area contributed by atoms with Crippen LogP contribution in [-0.4, -0.2) is 5.78 Å². The Kier molecular flexibility index (Phi) is 2.31. The first-order chi connectivity index (χ1) is 7.75. The Hall–Kier alpha value is -1.18. The van der Waals surface area contributed by atoms with Gasteiger partial charge in [0.2, 0.25) is 0 Å². The van der Waals surface area contributed by atoms with Crippen LogP contribution in [0.2, 0.25) is 0 Å². The molecule has 0 aromatic heterocycles. The average molecular weight is 218 g/mol. The van der Waals surface area contributed by atoms with Gasteiger partial charge in [0.25, 0.3) is 0 Å². The average Bonchev–Trinajstić information content (AvgIpc) is 2.90. The molecule has 3 rings (SSSR count). The molecule has 2 bridgehead atoms. The topological polar surface area (TPSA) is 17.1 Å². The highest BCUT2D eigenvalue weighted by molar-refractivity contribution is 5.98. The molecule has 0 radical (unpaired) electrons. The van der Waals surface area contributed by atoms with E-state index in [1.165, 1.54) is 18.9 Å². The summed E-state index contributed by atoms with van der Waals surface area (Å²) in [5, 5.41) is 0. The van der Waals surface area contributed by atoms with Crippen LogP contribution in [0.4, 0.5) is 4.39 Å². The molecule has 16 heavy (non-hydrogen) atoms. The molecule has 2 fully saturated rings. The van der Waals surface area contributed by atoms with E-state index in [0.717, 1.165) is 18.8 Å². The summed E-state index contributed by atoms with van der Waals surface area (Å²) >= 11 is 0. The monoisotopic (exact) mass is 218 g/mol. The van der Waals surface area contributed by atoms with Crippen molar-refractivity contribution in [3.05, 3.63) is 35.6 Å². The van der Waals surface area contributed by atoms with E-state index in [1.54, 1.807) is 18.2 Å². The molecular weight excluding hydrogens is 203 g/mol. The minimum absolute atomic E-state index is 0.0327. The standard InChI is InChI=1S/C14H15FO/c15-13-4-2-1-3-11(13)14(16)12-8-9-5-6-10(12)7-9/h1-4,9-10,12H,5-8H2/t9-,10-,12+/m0/s1. The Morgan fingerprint density at radius 2 is 2.00 bits per heavy atom. The fourth-order valence-electron chi connectivity index (χ4n) is 3.43. The molecule has 2 heteroatoms. The summed E-state index contributed by atoms with van der Waals surface area (Å²) < 4.78 is 13.5. The molecule has 0 spiro atoms. The van der Waals surface area contributed by atoms with Crippen molar-refractivity contribution >= 4 is 5.78 Å². The van der Waals surface area contributed by atoms with Gasteiger partial charge in [-0.05, 0) is 43.2 Å². The molecule has 0 saturated heterocycles. The van der Waals surface area contributed by atoms with Gasteiger partial charge in [0.05, 0.1) is 5.56 Å². The number of Topliss-reactive ketones (excluding diaryl/α,β-unsaturated/α-hetero) is 1. The minimum Gasteiger partial charge on any atom is -0.294 e. The molecule has 0 N–H and O–H groups in total. The highest BCUT2D eigenvalue weighted by atomic mass is 19.1. The van der Waals surface area contributed by atoms with Crippen molar-refractivity contribution in [1.82, 2.24) is 0 Å². The lowest BCUT2D eigenvalue weighted by molar-refractivity contribution is 0.0870. The molecule has 1 aromatic rings. The van der Waals surface area contributed by atoms with Crippen molar-refractivity contribution in [3.8, 4) is 0 Å². The first-order valence-corrected chi connectivity index (χ1v) is 6.04. The van der Waals surface area contributed by atoms with Crippen molar-refractivity contribution in [2.24, 2.45) is 17.8 Å². The van der Waals surface area contributed by atoms with Crippen LogP contribution in [0, 0.1) is 23.6 Å². The number of hydrogen-bond acceptors (Lipinski definition) is 1. The van der Waals surface area contributed by atoms with Crippen molar-refractivity contribution in [1.29, 1.82) is 0 Å². The fraction of sp³-hybridized carbons (Fsp3) is 0.500. The van der Waals surface area contributed by atoms with Gasteiger partial charge in [0, 0.05) is 5.92 Å². The zero-order chi connectivity index (χ0) is 11.1. The van der Waals surface area contributed by atoms with Crippen LogP contribution >= 0.6 is 0 Å². The maximum absolute atomic E-state index is 13.5. The zero-order valence-electron chi connectivity index (χ0n) is 9.16. The summed E-state index contributed by atoms with van der Waals surface area (Å²) in [5.41, 5.74) is 0.292. The maximum Gasteiger partial charge on any atom is 0.169 e. The predicted molar refractivity (Wildman–Crippen MR) is 59.7 cm³/mol. The molecule has 1 aromatic carbocycles. The van der Waals surface area contributed by atoms with Crippen molar-refractivity contribution in [2.75, 3.05) is 0 Å². The molecule has 2 aliphatic rings. The van der Waals surface area contributed by atoms with Crippen LogP contribution in [-0.2, 0) is 0 Å². The molecule has 0 aliphatic heterocycles. The molecular formula is C14H15FO. The van der Waals surface area contributed by atoms with Gasteiger partial charge < -0.3 is 0 Å². The Labute approximate surface area is 94.7 Å². The van der Waals surface area contributed by atoms with E-state index in [0.29, 0.717) is 11.5 Å². The SMILES string of the molecule is O=C(c1ccccc1F)[C@@H]1C[C@H]2CC[C@H]1C2. The summed E-state index contributed by atoms with van der Waals surface area (Å²) in [5.74, 6) is 1.01. The summed E-state index contributed by atoms with van der Waals surface area (Å²) in [4.78, 5) is 12.2. The second-order valence-electron chi connectivity index (χ2n) is 5.13. The molecule has 84 valence electrons. The Morgan fingerprint density at radius 3 is 2.62 bits per heavy atom. The number of fused-ring (bicyclic) bond motifs is 2. The lowest BCUT2D eigenvalue weighted by atomic mass is 9.83. The normalized spacial score (nSPS) is 31.9. The number of carbonyl (C=O) groups excluding carboxylic acids is 1. The first kappa shape index (κ1) is 10.0. The highest BCUT2D eigenvalue weighted by Crippen LogP contribution is 2.49. The van der Waals surface area contributed by atoms with Crippen LogP contribution in [0.15, 0.2) is 24.3 Å². The van der Waals surface area contributed by atoms with Crippen LogP contribution in [0.5, 0.6) is 0 Å². The van der Waals surface area contributed by atoms with Gasteiger partial charge in [-0.25, -0.2) is 4.39 Å². The summed E-state index contributed by atoms with van der Waals surface area (Å²) in [6, 6.07) is 6.36. The second kappa shape index (κ2) is 3.69. The van der Waals surface area contributed by atoms with Crippen molar-refractivity contribution < 1.29 is 9.18 Å². The van der Waals surface area contributed by atoms with Gasteiger partial charge in [-0.3, -0.25) is 4.79 Å². The van der Waals surface area contributed by atoms with Gasteiger partial charge in [-0.1, -0.05) is 18.6 Å². The van der Waals surface area contributed by atoms with Gasteiger partial charge in [-0.2, -0.15) is 0 Å². The molecule has 0 unspecified atom stereocenters. The number of rotatable bonds is 2. The number of benzene rings is 1. The van der Waals surface area contributed by atoms with E-state index in [1.807, 2.05) is 0 Å². The lowest BCUT2D eigenvalue weighted by Gasteiger charge is -2.20. The summed E-state index contributed by atoms with van der Waals surface area (Å²) in [7, 11) is 0. The number of carbonyl (C=O) groups is 1. The van der Waals surface area contributed by atoms with E-state index in [9.17, 15) is 9.18 Å². The Bertz CT molecular complexity index is 426. The van der Waals surface area contributed by atoms with Crippen LogP contribution in [0.3, 0.4) is 0 Å². The third-order valence-electron chi connectivity index (χ3n) is 4.21. The largest absolute Gasteiger partial charge is 0.294 e. The summed E-state index contributed by atoms with van der Waals surface area (Å²) in [6.07, 6.45) is 4.60. The van der Waals surface area contributed by atoms with Gasteiger partial charge in [0.15, 0.2) is 5.78 Å². The van der Waals surface area contributed by atoms with Crippen LogP contribution < -0.4 is 0 Å². The molecule has 2 saturated carbocycles. The van der Waals surface area contributed by atoms with E-state index in [-0.39, 0.29) is 17.5 Å². The van der Waals surface area contributed by atoms with E-state index >= 15 is 0 Å². The van der Waals surface area contributed by atoms with Crippen molar-refractivity contribution in [2.45, 2.75) is 25.7 Å². The maximum atomic E-state index is 13.5. The van der Waals surface area contributed by atoms with E-state index in [2.05, 4.69) is 0 Å². The lowest BCUT2D eigenvalue weighted by Crippen LogP contribution is -2.21. The number of halogens is 1. The smallest absolute Gasteiger partial charge is 0.169 e. The number of ketones is 1. The minimum atomic E-state index is -0.365. The van der Waals surface area contributed by atoms with Crippen molar-refractivity contribution in [3.63, 3.8) is 0 Å². The molecule has 1 nitrogen and oxygen atoms in total. The number of hydrogen-bond donors (Lipinski definition) is 0. The summed E-state index contributed by atoms with van der Waals surface area (Å²) in [6.45, 7) is 0. The third-order valence-corrected chi connectivity index (χ3v) is 4.21. The Balaban J connectivity index is 1.86. The van der Waals surface area contributed by atoms with E-state index in [4.69, 9.17) is 0 Å². The van der Waals surface area contributed by atoms with Crippen LogP contribution in [0.1, 0.15) is 36.0 Å². The quantitative estimate of drug-likeness (QED) is 0.695. The fourth-order valence-corrected chi connectivity index (χ4v) is 3.43. The second-order valence-corrected chi connectivity index (χ2v) is 5.13. The molecule has 2 aliphatic carbocycles. The van der Waals surface area contributed by atoms with Gasteiger partial charge in [0.1, 0.15) is 5.82 Å². The van der Waals surface area contributed by atoms with Crippen LogP contribution in [0.25, 0.3) is 0 Å². The van der Waals surface area contributed by atoms with Gasteiger partial charge in [-0.15, -0.1) is 0 Å². The van der Waals surface area contributed by atoms with Gasteiger partial charge >= 0.3 is 0 Å². The highest BCUT2D eigenvalue weighted by Gasteiger charge is 2.43. The predicted octanol–water partition coefficient (Wildman–Crippen LogP) is 3.44. The molecule has 0 heterocycles. The zero-order valence-corrected chi connectivity index (χ0v) is 9.16.